The van der Waals surface area contributed by atoms with E-state index in [1.54, 1.807) is 63.6 Å². The summed E-state index contributed by atoms with van der Waals surface area (Å²) in [7, 11) is 1.59. The van der Waals surface area contributed by atoms with Crippen LogP contribution < -0.4 is 19.6 Å². The second-order valence-electron chi connectivity index (χ2n) is 7.58. The highest BCUT2D eigenvalue weighted by molar-refractivity contribution is 6.30. The fraction of sp³-hybridized carbons (Fsp3) is 0.200. The number of methoxy groups -OCH3 is 1. The Kier molecular flexibility index (Phi) is 8.20. The van der Waals surface area contributed by atoms with Crippen molar-refractivity contribution in [3.8, 4) is 17.2 Å². The summed E-state index contributed by atoms with van der Waals surface area (Å²) in [6.45, 7) is 3.59. The van der Waals surface area contributed by atoms with Crippen molar-refractivity contribution in [2.24, 2.45) is 5.10 Å². The molecule has 0 atom stereocenters. The van der Waals surface area contributed by atoms with E-state index in [4.69, 9.17) is 37.4 Å². The third kappa shape index (κ3) is 7.14. The van der Waals surface area contributed by atoms with E-state index in [-0.39, 0.29) is 6.61 Å². The molecule has 0 saturated heterocycles. The van der Waals surface area contributed by atoms with Crippen LogP contribution in [-0.4, -0.2) is 24.8 Å². The lowest BCUT2D eigenvalue weighted by Crippen LogP contribution is -2.44. The van der Waals surface area contributed by atoms with E-state index in [1.165, 1.54) is 0 Å². The number of nitrogens with one attached hydrogen (secondary N) is 1. The van der Waals surface area contributed by atoms with E-state index in [9.17, 15) is 4.79 Å². The minimum Gasteiger partial charge on any atom is -0.496 e. The maximum Gasteiger partial charge on any atom is 0.283 e. The van der Waals surface area contributed by atoms with Gasteiger partial charge in [0.25, 0.3) is 5.91 Å². The number of halogens is 2. The maximum atomic E-state index is 12.6. The van der Waals surface area contributed by atoms with Crippen LogP contribution in [0.5, 0.6) is 17.2 Å². The average Bonchev–Trinajstić information content (AvgIpc) is 2.79. The third-order valence-corrected chi connectivity index (χ3v) is 5.10. The molecule has 0 unspecified atom stereocenters. The van der Waals surface area contributed by atoms with Crippen molar-refractivity contribution < 1.29 is 19.0 Å². The van der Waals surface area contributed by atoms with Gasteiger partial charge in [0.15, 0.2) is 5.60 Å². The lowest BCUT2D eigenvalue weighted by molar-refractivity contribution is -0.134. The fourth-order valence-electron chi connectivity index (χ4n) is 2.85. The van der Waals surface area contributed by atoms with Crippen molar-refractivity contribution in [3.63, 3.8) is 0 Å². The van der Waals surface area contributed by atoms with Gasteiger partial charge in [0.1, 0.15) is 23.9 Å². The molecule has 3 aromatic carbocycles. The molecule has 8 heteroatoms. The summed E-state index contributed by atoms with van der Waals surface area (Å²) in [5.74, 6) is 1.46. The molecule has 0 fully saturated rings. The normalized spacial score (nSPS) is 11.3. The largest absolute Gasteiger partial charge is 0.496 e. The van der Waals surface area contributed by atoms with E-state index < -0.39 is 11.5 Å². The SMILES string of the molecule is COc1ccc(/C=N\NC(=O)C(C)(C)Oc2ccc(Cl)cc2)cc1COc1cccc(Cl)c1. The minimum atomic E-state index is -1.14. The molecule has 172 valence electrons. The number of hydrogen-bond donors (Lipinski definition) is 1. The number of ether oxygens (including phenoxy) is 3. The first-order valence-electron chi connectivity index (χ1n) is 10.1. The van der Waals surface area contributed by atoms with Crippen molar-refractivity contribution >= 4 is 35.3 Å². The van der Waals surface area contributed by atoms with E-state index in [1.807, 2.05) is 30.3 Å². The van der Waals surface area contributed by atoms with Crippen molar-refractivity contribution in [2.45, 2.75) is 26.1 Å². The molecule has 0 heterocycles. The number of amides is 1. The van der Waals surface area contributed by atoms with Gasteiger partial charge in [0.05, 0.1) is 13.3 Å². The highest BCUT2D eigenvalue weighted by atomic mass is 35.5. The predicted octanol–water partition coefficient (Wildman–Crippen LogP) is 5.89. The summed E-state index contributed by atoms with van der Waals surface area (Å²) in [5, 5.41) is 5.25. The Balaban J connectivity index is 1.63. The number of nitrogens with zero attached hydrogens (tertiary/aromatic N) is 1. The lowest BCUT2D eigenvalue weighted by atomic mass is 10.1. The highest BCUT2D eigenvalue weighted by Gasteiger charge is 2.29. The zero-order valence-electron chi connectivity index (χ0n) is 18.5. The predicted molar refractivity (Wildman–Crippen MR) is 131 cm³/mol. The monoisotopic (exact) mass is 486 g/mol. The Morgan fingerprint density at radius 2 is 1.76 bits per heavy atom. The van der Waals surface area contributed by atoms with Crippen molar-refractivity contribution in [1.29, 1.82) is 0 Å². The minimum absolute atomic E-state index is 0.277. The van der Waals surface area contributed by atoms with Gasteiger partial charge in [-0.25, -0.2) is 5.43 Å². The van der Waals surface area contributed by atoms with Crippen molar-refractivity contribution in [3.05, 3.63) is 87.9 Å². The average molecular weight is 487 g/mol. The van der Waals surface area contributed by atoms with E-state index in [2.05, 4.69) is 10.5 Å². The maximum absolute atomic E-state index is 12.6. The van der Waals surface area contributed by atoms with Crippen LogP contribution in [0.3, 0.4) is 0 Å². The van der Waals surface area contributed by atoms with Crippen LogP contribution in [0.15, 0.2) is 71.8 Å². The van der Waals surface area contributed by atoms with Gasteiger partial charge in [0.2, 0.25) is 0 Å². The van der Waals surface area contributed by atoms with E-state index in [0.29, 0.717) is 27.3 Å². The number of carbonyl (C=O) groups is 1. The van der Waals surface area contributed by atoms with Gasteiger partial charge in [-0.15, -0.1) is 0 Å². The van der Waals surface area contributed by atoms with Gasteiger partial charge >= 0.3 is 0 Å². The van der Waals surface area contributed by atoms with Crippen LogP contribution in [0.1, 0.15) is 25.0 Å². The van der Waals surface area contributed by atoms with Gasteiger partial charge < -0.3 is 14.2 Å². The third-order valence-electron chi connectivity index (χ3n) is 4.61. The van der Waals surface area contributed by atoms with Crippen LogP contribution in [0, 0.1) is 0 Å². The van der Waals surface area contributed by atoms with E-state index >= 15 is 0 Å². The zero-order valence-corrected chi connectivity index (χ0v) is 20.0. The molecule has 0 radical (unpaired) electrons. The number of carbonyl (C=O) groups excluding carboxylic acids is 1. The van der Waals surface area contributed by atoms with Crippen LogP contribution in [-0.2, 0) is 11.4 Å². The molecule has 3 aromatic rings. The summed E-state index contributed by atoms with van der Waals surface area (Å²) in [6.07, 6.45) is 1.54. The number of hydrogen-bond acceptors (Lipinski definition) is 5. The molecule has 3 rings (SSSR count). The Bertz CT molecular complexity index is 1130. The van der Waals surface area contributed by atoms with Gasteiger partial charge in [-0.1, -0.05) is 29.3 Å². The number of benzene rings is 3. The molecule has 0 spiro atoms. The lowest BCUT2D eigenvalue weighted by Gasteiger charge is -2.24. The quantitative estimate of drug-likeness (QED) is 0.302. The topological polar surface area (TPSA) is 69.2 Å². The molecule has 0 bridgehead atoms. The molecule has 0 aliphatic heterocycles. The Hall–Kier alpha value is -3.22. The smallest absolute Gasteiger partial charge is 0.283 e. The van der Waals surface area contributed by atoms with Gasteiger partial charge in [-0.3, -0.25) is 4.79 Å². The van der Waals surface area contributed by atoms with Crippen LogP contribution >= 0.6 is 23.2 Å². The Labute approximate surface area is 203 Å². The van der Waals surface area contributed by atoms with Gasteiger partial charge in [-0.2, -0.15) is 5.10 Å². The summed E-state index contributed by atoms with van der Waals surface area (Å²) in [4.78, 5) is 12.6. The number of hydrazone groups is 1. The van der Waals surface area contributed by atoms with Crippen LogP contribution in [0.2, 0.25) is 10.0 Å². The fourth-order valence-corrected chi connectivity index (χ4v) is 3.16. The first-order valence-corrected chi connectivity index (χ1v) is 10.9. The van der Waals surface area contributed by atoms with Gasteiger partial charge in [0, 0.05) is 15.6 Å². The molecule has 6 nitrogen and oxygen atoms in total. The van der Waals surface area contributed by atoms with E-state index in [0.717, 1.165) is 11.1 Å². The zero-order chi connectivity index (χ0) is 23.8. The first-order chi connectivity index (χ1) is 15.8. The molecular formula is C25H24Cl2N2O4. The van der Waals surface area contributed by atoms with Crippen molar-refractivity contribution in [1.82, 2.24) is 5.43 Å². The Morgan fingerprint density at radius 3 is 2.45 bits per heavy atom. The van der Waals surface area contributed by atoms with Crippen LogP contribution in [0.4, 0.5) is 0 Å². The number of rotatable bonds is 9. The molecule has 33 heavy (non-hydrogen) atoms. The molecule has 1 amide bonds. The van der Waals surface area contributed by atoms with Crippen molar-refractivity contribution in [2.75, 3.05) is 7.11 Å². The van der Waals surface area contributed by atoms with Crippen LogP contribution in [0.25, 0.3) is 0 Å². The summed E-state index contributed by atoms with van der Waals surface area (Å²) in [5.41, 5.74) is 2.96. The molecule has 0 saturated carbocycles. The molecule has 0 aliphatic rings. The summed E-state index contributed by atoms with van der Waals surface area (Å²) >= 11 is 11.9. The first kappa shape index (κ1) is 24.4. The summed E-state index contributed by atoms with van der Waals surface area (Å²) in [6, 6.07) is 19.5. The Morgan fingerprint density at radius 1 is 1.00 bits per heavy atom. The second-order valence-corrected chi connectivity index (χ2v) is 8.46. The summed E-state index contributed by atoms with van der Waals surface area (Å²) < 4.78 is 17.0. The molecular weight excluding hydrogens is 463 g/mol. The highest BCUT2D eigenvalue weighted by Crippen LogP contribution is 2.24. The van der Waals surface area contributed by atoms with Gasteiger partial charge in [-0.05, 0) is 80.1 Å². The molecule has 0 aliphatic carbocycles. The molecule has 1 N–H and O–H groups in total. The second kappa shape index (κ2) is 11.1. The standard InChI is InChI=1S/C25H24Cl2N2O4/c1-25(2,33-21-10-8-19(26)9-11-21)24(30)29-28-15-17-7-12-23(31-3)18(13-17)16-32-22-6-4-5-20(27)14-22/h4-15H,16H2,1-3H3,(H,29,30)/b28-15-. The molecule has 0 aromatic heterocycles.